The topological polar surface area (TPSA) is 114 Å². The Hall–Kier alpha value is -3.88. The Balaban J connectivity index is 1.47. The molecule has 2 aliphatic rings. The van der Waals surface area contributed by atoms with Crippen LogP contribution >= 0.6 is 0 Å². The fourth-order valence-electron chi connectivity index (χ4n) is 3.94. The van der Waals surface area contributed by atoms with E-state index in [1.54, 1.807) is 49.4 Å². The number of nitrogens with zero attached hydrogens (tertiary/aromatic N) is 1. The summed E-state index contributed by atoms with van der Waals surface area (Å²) in [6, 6.07) is 10.8. The summed E-state index contributed by atoms with van der Waals surface area (Å²) in [7, 11) is 0. The minimum absolute atomic E-state index is 0.102. The molecule has 0 aliphatic carbocycles. The van der Waals surface area contributed by atoms with E-state index >= 15 is 0 Å². The lowest BCUT2D eigenvalue weighted by atomic mass is 9.91. The molecule has 0 unspecified atom stereocenters. The number of carbonyl (C=O) groups excluding carboxylic acids is 4. The van der Waals surface area contributed by atoms with Crippen molar-refractivity contribution >= 4 is 29.3 Å². The molecule has 1 atom stereocenters. The standard InChI is InChI=1S/C25H27N3O6/c1-3-5-22(30)26-18-9-6-16(7-10-18)19(29)15-28-23(31)25(2,27-24(28)32)17-8-11-20-21(14-17)34-13-4-12-33-20/h6-11,14H,3-5,12-13,15H2,1-2H3,(H,26,30)(H,27,32)/t25-/m1/s1. The fraction of sp³-hybridized carbons (Fsp3) is 0.360. The van der Waals surface area contributed by atoms with Crippen LogP contribution in [-0.2, 0) is 15.1 Å². The Morgan fingerprint density at radius 1 is 1.06 bits per heavy atom. The number of benzene rings is 2. The summed E-state index contributed by atoms with van der Waals surface area (Å²) in [5.41, 5.74) is 0.109. The fourth-order valence-corrected chi connectivity index (χ4v) is 3.94. The van der Waals surface area contributed by atoms with Crippen molar-refractivity contribution in [3.8, 4) is 11.5 Å². The summed E-state index contributed by atoms with van der Waals surface area (Å²) in [5, 5.41) is 5.46. The van der Waals surface area contributed by atoms with Crippen LogP contribution in [0.2, 0.25) is 0 Å². The number of carbonyl (C=O) groups is 4. The number of ketones is 1. The number of nitrogens with one attached hydrogen (secondary N) is 2. The predicted octanol–water partition coefficient (Wildman–Crippen LogP) is 3.24. The van der Waals surface area contributed by atoms with Crippen LogP contribution in [0, 0.1) is 0 Å². The van der Waals surface area contributed by atoms with Gasteiger partial charge in [-0.2, -0.15) is 0 Å². The number of anilines is 1. The maximum atomic E-state index is 13.2. The maximum absolute atomic E-state index is 13.2. The average Bonchev–Trinajstić information content (AvgIpc) is 2.98. The van der Waals surface area contributed by atoms with Crippen molar-refractivity contribution in [2.24, 2.45) is 0 Å². The van der Waals surface area contributed by atoms with Gasteiger partial charge in [0, 0.05) is 24.1 Å². The Kier molecular flexibility index (Phi) is 6.54. The zero-order valence-electron chi connectivity index (χ0n) is 19.2. The molecule has 9 heteroatoms. The number of hydrogen-bond acceptors (Lipinski definition) is 6. The molecule has 1 saturated heterocycles. The van der Waals surface area contributed by atoms with E-state index in [4.69, 9.17) is 9.47 Å². The van der Waals surface area contributed by atoms with Crippen molar-refractivity contribution in [2.75, 3.05) is 25.1 Å². The van der Waals surface area contributed by atoms with Gasteiger partial charge in [-0.1, -0.05) is 13.0 Å². The third-order valence-corrected chi connectivity index (χ3v) is 5.87. The highest BCUT2D eigenvalue weighted by molar-refractivity contribution is 6.11. The molecule has 0 bridgehead atoms. The second kappa shape index (κ2) is 9.54. The lowest BCUT2D eigenvalue weighted by molar-refractivity contribution is -0.130. The van der Waals surface area contributed by atoms with Gasteiger partial charge in [-0.3, -0.25) is 19.3 Å². The highest BCUT2D eigenvalue weighted by Gasteiger charge is 2.49. The number of imide groups is 1. The second-order valence-electron chi connectivity index (χ2n) is 8.46. The third-order valence-electron chi connectivity index (χ3n) is 5.87. The lowest BCUT2D eigenvalue weighted by Gasteiger charge is -2.23. The zero-order chi connectivity index (χ0) is 24.3. The normalized spacial score (nSPS) is 19.4. The smallest absolute Gasteiger partial charge is 0.325 e. The van der Waals surface area contributed by atoms with E-state index in [1.165, 1.54) is 0 Å². The molecule has 0 aromatic heterocycles. The second-order valence-corrected chi connectivity index (χ2v) is 8.46. The molecule has 178 valence electrons. The predicted molar refractivity (Wildman–Crippen MR) is 124 cm³/mol. The minimum Gasteiger partial charge on any atom is -0.490 e. The first-order valence-electron chi connectivity index (χ1n) is 11.3. The molecule has 4 rings (SSSR count). The van der Waals surface area contributed by atoms with Crippen molar-refractivity contribution < 1.29 is 28.7 Å². The molecule has 0 saturated carbocycles. The van der Waals surface area contributed by atoms with Crippen LogP contribution in [0.5, 0.6) is 11.5 Å². The summed E-state index contributed by atoms with van der Waals surface area (Å²) < 4.78 is 11.3. The van der Waals surface area contributed by atoms with Crippen LogP contribution in [0.25, 0.3) is 0 Å². The molecular weight excluding hydrogens is 438 g/mol. The van der Waals surface area contributed by atoms with E-state index < -0.39 is 29.8 Å². The Morgan fingerprint density at radius 3 is 2.47 bits per heavy atom. The van der Waals surface area contributed by atoms with E-state index in [1.807, 2.05) is 6.92 Å². The summed E-state index contributed by atoms with van der Waals surface area (Å²) in [4.78, 5) is 51.4. The zero-order valence-corrected chi connectivity index (χ0v) is 19.2. The summed E-state index contributed by atoms with van der Waals surface area (Å²) in [5.74, 6) is 0.0819. The molecule has 9 nitrogen and oxygen atoms in total. The minimum atomic E-state index is -1.34. The summed E-state index contributed by atoms with van der Waals surface area (Å²) >= 11 is 0. The monoisotopic (exact) mass is 465 g/mol. The van der Waals surface area contributed by atoms with Gasteiger partial charge in [-0.15, -0.1) is 0 Å². The summed E-state index contributed by atoms with van der Waals surface area (Å²) in [6.07, 6.45) is 1.90. The molecule has 0 radical (unpaired) electrons. The third kappa shape index (κ3) is 4.59. The highest BCUT2D eigenvalue weighted by Crippen LogP contribution is 2.36. The van der Waals surface area contributed by atoms with Crippen molar-refractivity contribution in [1.82, 2.24) is 10.2 Å². The van der Waals surface area contributed by atoms with Gasteiger partial charge in [0.05, 0.1) is 19.8 Å². The SMILES string of the molecule is CCCC(=O)Nc1ccc(C(=O)CN2C(=O)N[C@](C)(c3ccc4c(c3)OCCCO4)C2=O)cc1. The van der Waals surface area contributed by atoms with Crippen molar-refractivity contribution in [1.29, 1.82) is 0 Å². The first kappa shape index (κ1) is 23.3. The van der Waals surface area contributed by atoms with E-state index in [0.717, 1.165) is 17.7 Å². The number of rotatable bonds is 7. The van der Waals surface area contributed by atoms with Crippen LogP contribution < -0.4 is 20.1 Å². The van der Waals surface area contributed by atoms with Gasteiger partial charge in [0.25, 0.3) is 5.91 Å². The molecule has 1 fully saturated rings. The number of ether oxygens (including phenoxy) is 2. The van der Waals surface area contributed by atoms with E-state index in [9.17, 15) is 19.2 Å². The van der Waals surface area contributed by atoms with Gasteiger partial charge < -0.3 is 20.1 Å². The van der Waals surface area contributed by atoms with Crippen molar-refractivity contribution in [3.05, 3.63) is 53.6 Å². The van der Waals surface area contributed by atoms with Crippen molar-refractivity contribution in [3.63, 3.8) is 0 Å². The van der Waals surface area contributed by atoms with Crippen LogP contribution in [-0.4, -0.2) is 48.3 Å². The molecule has 4 amide bonds. The van der Waals surface area contributed by atoms with Gasteiger partial charge in [-0.05, 0) is 55.3 Å². The van der Waals surface area contributed by atoms with Crippen LogP contribution in [0.3, 0.4) is 0 Å². The Morgan fingerprint density at radius 2 is 1.76 bits per heavy atom. The average molecular weight is 466 g/mol. The first-order chi connectivity index (χ1) is 16.3. The lowest BCUT2D eigenvalue weighted by Crippen LogP contribution is -2.41. The summed E-state index contributed by atoms with van der Waals surface area (Å²) in [6.45, 7) is 4.16. The molecule has 2 heterocycles. The molecule has 34 heavy (non-hydrogen) atoms. The Bertz CT molecular complexity index is 1130. The number of amides is 4. The van der Waals surface area contributed by atoms with Crippen LogP contribution in [0.15, 0.2) is 42.5 Å². The van der Waals surface area contributed by atoms with Gasteiger partial charge in [0.1, 0.15) is 5.54 Å². The van der Waals surface area contributed by atoms with E-state index in [2.05, 4.69) is 10.6 Å². The maximum Gasteiger partial charge on any atom is 0.325 e. The van der Waals surface area contributed by atoms with Crippen LogP contribution in [0.4, 0.5) is 10.5 Å². The largest absolute Gasteiger partial charge is 0.490 e. The number of Topliss-reactive ketones (excluding diaryl/α,β-unsaturated/α-hetero) is 1. The van der Waals surface area contributed by atoms with E-state index in [0.29, 0.717) is 47.9 Å². The number of fused-ring (bicyclic) bond motifs is 1. The quantitative estimate of drug-likeness (QED) is 0.479. The molecule has 2 aromatic carbocycles. The number of hydrogen-bond donors (Lipinski definition) is 2. The van der Waals surface area contributed by atoms with Crippen LogP contribution in [0.1, 0.15) is 49.0 Å². The van der Waals surface area contributed by atoms with Gasteiger partial charge in [-0.25, -0.2) is 4.79 Å². The van der Waals surface area contributed by atoms with Crippen molar-refractivity contribution in [2.45, 2.75) is 38.6 Å². The molecule has 0 spiro atoms. The first-order valence-corrected chi connectivity index (χ1v) is 11.3. The van der Waals surface area contributed by atoms with Gasteiger partial charge in [0.2, 0.25) is 5.91 Å². The molecule has 2 aliphatic heterocycles. The number of urea groups is 1. The van der Waals surface area contributed by atoms with Gasteiger partial charge >= 0.3 is 6.03 Å². The molecule has 2 N–H and O–H groups in total. The van der Waals surface area contributed by atoms with Gasteiger partial charge in [0.15, 0.2) is 17.3 Å². The highest BCUT2D eigenvalue weighted by atomic mass is 16.5. The molecule has 2 aromatic rings. The van der Waals surface area contributed by atoms with E-state index in [-0.39, 0.29) is 5.91 Å². The molecular formula is C25H27N3O6. The Labute approximate surface area is 197 Å².